The summed E-state index contributed by atoms with van der Waals surface area (Å²) >= 11 is 5.50. The fraction of sp³-hybridized carbons (Fsp3) is 0.135. The van der Waals surface area contributed by atoms with E-state index in [2.05, 4.69) is 101 Å². The second-order valence-corrected chi connectivity index (χ2v) is 15.1. The van der Waals surface area contributed by atoms with Gasteiger partial charge >= 0.3 is 6.03 Å². The van der Waals surface area contributed by atoms with Crippen molar-refractivity contribution >= 4 is 96.7 Å². The van der Waals surface area contributed by atoms with Gasteiger partial charge in [0.25, 0.3) is 0 Å². The molecule has 1 aromatic heterocycles. The predicted octanol–water partition coefficient (Wildman–Crippen LogP) is 8.51. The molecule has 1 atom stereocenters. The molecule has 3 amide bonds. The van der Waals surface area contributed by atoms with Crippen LogP contribution >= 0.6 is 56.9 Å². The number of urea groups is 1. The third kappa shape index (κ3) is 7.03. The number of phenols is 1. The molecule has 1 unspecified atom stereocenters. The van der Waals surface area contributed by atoms with Gasteiger partial charge in [-0.3, -0.25) is 10.1 Å². The zero-order chi connectivity index (χ0) is 35.8. The molecule has 1 aliphatic heterocycles. The van der Waals surface area contributed by atoms with Crippen molar-refractivity contribution in [2.75, 3.05) is 28.8 Å². The highest BCUT2D eigenvalue weighted by Gasteiger charge is 2.24. The summed E-state index contributed by atoms with van der Waals surface area (Å²) in [7, 11) is 3.39. The first-order chi connectivity index (χ1) is 24.6. The van der Waals surface area contributed by atoms with Crippen LogP contribution in [-0.2, 0) is 11.8 Å². The molecule has 11 nitrogen and oxygen atoms in total. The number of halogens is 2. The monoisotopic (exact) mass is 923 g/mol. The summed E-state index contributed by atoms with van der Waals surface area (Å²) in [5, 5.41) is 34.0. The molecule has 5 aromatic carbocycles. The highest BCUT2D eigenvalue weighted by atomic mass is 127. The number of aromatic nitrogens is 3. The molecular formula is C37H31I2N7O4S. The standard InChI is InChI=1S/C37H31I2N7O4S/c1-19-7-4-5-8-22(19)35-44-45-37(46(35)2)51-18-31(47)43-36(49)42-27-13-11-20(15-25(27)38)23-12-14-29-32-24(23)9-6-10-28(32)40-34(41-29)21-16-26(39)33(48)30(17-21)50-3/h4-17,34,40-41,48H,18H2,1-3H3,(H2,42,43,47,49). The number of rotatable bonds is 8. The van der Waals surface area contributed by atoms with Crippen LogP contribution in [0.4, 0.5) is 21.9 Å². The lowest BCUT2D eigenvalue weighted by Crippen LogP contribution is -2.35. The van der Waals surface area contributed by atoms with Crippen LogP contribution in [0.5, 0.6) is 11.5 Å². The fourth-order valence-electron chi connectivity index (χ4n) is 6.06. The number of carbonyl (C=O) groups is 2. The lowest BCUT2D eigenvalue weighted by atomic mass is 9.94. The Labute approximate surface area is 325 Å². The Kier molecular flexibility index (Phi) is 9.98. The zero-order valence-electron chi connectivity index (χ0n) is 27.5. The minimum Gasteiger partial charge on any atom is -0.504 e. The number of thioether (sulfide) groups is 1. The molecule has 0 bridgehead atoms. The number of aryl methyl sites for hydroxylation is 1. The van der Waals surface area contributed by atoms with Crippen LogP contribution in [0.15, 0.2) is 90.1 Å². The van der Waals surface area contributed by atoms with Gasteiger partial charge in [-0.15, -0.1) is 10.2 Å². The number of aromatic hydroxyl groups is 1. The number of nitrogens with zero attached hydrogens (tertiary/aromatic N) is 3. The lowest BCUT2D eigenvalue weighted by molar-refractivity contribution is -0.117. The Bertz CT molecular complexity index is 2340. The molecule has 0 saturated heterocycles. The molecule has 5 N–H and O–H groups in total. The summed E-state index contributed by atoms with van der Waals surface area (Å²) in [4.78, 5) is 25.5. The highest BCUT2D eigenvalue weighted by molar-refractivity contribution is 14.1. The van der Waals surface area contributed by atoms with Gasteiger partial charge in [0.2, 0.25) is 5.91 Å². The number of phenolic OH excluding ortho intramolecular Hbond substituents is 1. The molecule has 0 saturated carbocycles. The second kappa shape index (κ2) is 14.6. The van der Waals surface area contributed by atoms with Crippen LogP contribution in [0.25, 0.3) is 33.3 Å². The third-order valence-corrected chi connectivity index (χ3v) is 11.3. The first-order valence-electron chi connectivity index (χ1n) is 15.8. The molecule has 14 heteroatoms. The van der Waals surface area contributed by atoms with Gasteiger partial charge in [0.05, 0.1) is 22.1 Å². The predicted molar refractivity (Wildman–Crippen MR) is 219 cm³/mol. The van der Waals surface area contributed by atoms with Crippen LogP contribution in [-0.4, -0.2) is 44.7 Å². The number of amides is 3. The molecule has 51 heavy (non-hydrogen) atoms. The van der Waals surface area contributed by atoms with Crippen molar-refractivity contribution in [1.29, 1.82) is 0 Å². The number of nitrogens with one attached hydrogen (secondary N) is 4. The average molecular weight is 924 g/mol. The van der Waals surface area contributed by atoms with E-state index < -0.39 is 11.9 Å². The van der Waals surface area contributed by atoms with Gasteiger partial charge in [-0.05, 0) is 116 Å². The lowest BCUT2D eigenvalue weighted by Gasteiger charge is -2.31. The molecule has 258 valence electrons. The van der Waals surface area contributed by atoms with Gasteiger partial charge in [-0.1, -0.05) is 60.3 Å². The normalized spacial score (nSPS) is 13.3. The Balaban J connectivity index is 1.02. The van der Waals surface area contributed by atoms with E-state index in [9.17, 15) is 14.7 Å². The van der Waals surface area contributed by atoms with Crippen LogP contribution < -0.4 is 26.0 Å². The maximum Gasteiger partial charge on any atom is 0.325 e. The van der Waals surface area contributed by atoms with Crippen molar-refractivity contribution in [3.05, 3.63) is 103 Å². The Morgan fingerprint density at radius 2 is 1.73 bits per heavy atom. The SMILES string of the molecule is COc1cc(C2Nc3cccc4c(-c5ccc(NC(=O)NC(=O)CSc6nnc(-c7ccccc7C)n6C)c(I)c5)ccc(c34)N2)cc(I)c1O. The summed E-state index contributed by atoms with van der Waals surface area (Å²) in [6.45, 7) is 2.01. The highest BCUT2D eigenvalue weighted by Crippen LogP contribution is 2.44. The Hall–Kier alpha value is -4.55. The quantitative estimate of drug-likeness (QED) is 0.0751. The number of benzene rings is 5. The van der Waals surface area contributed by atoms with E-state index in [0.29, 0.717) is 26.0 Å². The van der Waals surface area contributed by atoms with E-state index in [1.807, 2.05) is 79.2 Å². The molecule has 6 aromatic rings. The summed E-state index contributed by atoms with van der Waals surface area (Å²) in [5.41, 5.74) is 7.54. The van der Waals surface area contributed by atoms with E-state index in [1.165, 1.54) is 11.8 Å². The average Bonchev–Trinajstić information content (AvgIpc) is 3.49. The van der Waals surface area contributed by atoms with Gasteiger partial charge in [-0.25, -0.2) is 4.79 Å². The largest absolute Gasteiger partial charge is 0.504 e. The number of ether oxygens (including phenoxy) is 1. The van der Waals surface area contributed by atoms with E-state index in [-0.39, 0.29) is 17.7 Å². The van der Waals surface area contributed by atoms with Gasteiger partial charge < -0.3 is 30.4 Å². The maximum absolute atomic E-state index is 12.8. The van der Waals surface area contributed by atoms with Crippen LogP contribution in [0.1, 0.15) is 17.3 Å². The number of carbonyl (C=O) groups excluding carboxylic acids is 2. The number of hydrogen-bond acceptors (Lipinski definition) is 9. The van der Waals surface area contributed by atoms with Gasteiger partial charge in [0, 0.05) is 32.9 Å². The first-order valence-corrected chi connectivity index (χ1v) is 18.9. The summed E-state index contributed by atoms with van der Waals surface area (Å²) in [6.07, 6.45) is -0.233. The molecule has 1 aliphatic rings. The summed E-state index contributed by atoms with van der Waals surface area (Å²) in [6, 6.07) is 27.2. The number of methoxy groups -OCH3 is 1. The van der Waals surface area contributed by atoms with Gasteiger partial charge in [-0.2, -0.15) is 0 Å². The summed E-state index contributed by atoms with van der Waals surface area (Å²) in [5.74, 6) is 0.805. The molecule has 2 heterocycles. The minimum absolute atomic E-state index is 0.00114. The topological polar surface area (TPSA) is 142 Å². The number of imide groups is 1. The molecular weight excluding hydrogens is 892 g/mol. The number of anilines is 3. The van der Waals surface area contributed by atoms with Crippen molar-refractivity contribution in [1.82, 2.24) is 20.1 Å². The summed E-state index contributed by atoms with van der Waals surface area (Å²) < 4.78 is 8.75. The molecule has 0 fully saturated rings. The van der Waals surface area contributed by atoms with Crippen molar-refractivity contribution in [3.8, 4) is 34.0 Å². The van der Waals surface area contributed by atoms with E-state index >= 15 is 0 Å². The van der Waals surface area contributed by atoms with Crippen molar-refractivity contribution < 1.29 is 19.4 Å². The van der Waals surface area contributed by atoms with Crippen molar-refractivity contribution in [2.45, 2.75) is 18.2 Å². The van der Waals surface area contributed by atoms with Crippen LogP contribution in [0, 0.1) is 14.1 Å². The van der Waals surface area contributed by atoms with Gasteiger partial charge in [0.1, 0.15) is 6.17 Å². The third-order valence-electron chi connectivity index (χ3n) is 8.58. The minimum atomic E-state index is -0.612. The van der Waals surface area contributed by atoms with E-state index in [4.69, 9.17) is 4.74 Å². The Morgan fingerprint density at radius 3 is 2.49 bits per heavy atom. The Morgan fingerprint density at radius 1 is 0.941 bits per heavy atom. The second-order valence-electron chi connectivity index (χ2n) is 11.8. The number of hydrogen-bond donors (Lipinski definition) is 5. The maximum atomic E-state index is 12.8. The molecule has 7 rings (SSSR count). The smallest absolute Gasteiger partial charge is 0.325 e. The molecule has 0 spiro atoms. The van der Waals surface area contributed by atoms with Crippen LogP contribution in [0.2, 0.25) is 0 Å². The van der Waals surface area contributed by atoms with E-state index in [1.54, 1.807) is 7.11 Å². The van der Waals surface area contributed by atoms with Gasteiger partial charge in [0.15, 0.2) is 22.5 Å². The fourth-order valence-corrected chi connectivity index (χ4v) is 8.04. The molecule has 0 aliphatic carbocycles. The first kappa shape index (κ1) is 34.9. The molecule has 0 radical (unpaired) electrons. The zero-order valence-corrected chi connectivity index (χ0v) is 32.7. The van der Waals surface area contributed by atoms with Crippen molar-refractivity contribution in [2.24, 2.45) is 7.05 Å². The van der Waals surface area contributed by atoms with Crippen LogP contribution in [0.3, 0.4) is 0 Å². The van der Waals surface area contributed by atoms with Crippen molar-refractivity contribution in [3.63, 3.8) is 0 Å². The van der Waals surface area contributed by atoms with E-state index in [0.717, 1.165) is 53.5 Å².